The summed E-state index contributed by atoms with van der Waals surface area (Å²) in [6.45, 7) is 3.91. The molecule has 0 aliphatic carbocycles. The van der Waals surface area contributed by atoms with Gasteiger partial charge in [-0.3, -0.25) is 14.8 Å². The Kier molecular flexibility index (Phi) is 5.30. The van der Waals surface area contributed by atoms with Crippen LogP contribution in [0.15, 0.2) is 74.7 Å². The lowest BCUT2D eigenvalue weighted by atomic mass is 9.99. The quantitative estimate of drug-likeness (QED) is 0.336. The van der Waals surface area contributed by atoms with E-state index in [-0.39, 0.29) is 5.56 Å². The highest BCUT2D eigenvalue weighted by Crippen LogP contribution is 2.29. The van der Waals surface area contributed by atoms with E-state index in [0.717, 1.165) is 37.9 Å². The lowest BCUT2D eigenvalue weighted by Gasteiger charge is -2.13. The Morgan fingerprint density at radius 3 is 2.61 bits per heavy atom. The molecule has 164 valence electrons. The van der Waals surface area contributed by atoms with Crippen molar-refractivity contribution in [3.8, 4) is 22.6 Å². The minimum absolute atomic E-state index is 0.0571. The predicted molar refractivity (Wildman–Crippen MR) is 133 cm³/mol. The highest BCUT2D eigenvalue weighted by Gasteiger charge is 2.14. The summed E-state index contributed by atoms with van der Waals surface area (Å²) in [5, 5.41) is 8.28. The molecule has 33 heavy (non-hydrogen) atoms. The molecule has 0 saturated carbocycles. The van der Waals surface area contributed by atoms with Crippen molar-refractivity contribution in [2.75, 3.05) is 5.32 Å². The Morgan fingerprint density at radius 1 is 0.970 bits per heavy atom. The van der Waals surface area contributed by atoms with Crippen molar-refractivity contribution in [1.82, 2.24) is 19.7 Å². The predicted octanol–water partition coefficient (Wildman–Crippen LogP) is 5.77. The smallest absolute Gasteiger partial charge is 0.258 e. The molecule has 0 saturated heterocycles. The van der Waals surface area contributed by atoms with Gasteiger partial charge in [0, 0.05) is 52.3 Å². The van der Waals surface area contributed by atoms with Gasteiger partial charge in [0.05, 0.1) is 5.52 Å². The van der Waals surface area contributed by atoms with Gasteiger partial charge in [0.2, 0.25) is 0 Å². The molecule has 0 amide bonds. The maximum absolute atomic E-state index is 13.2. The van der Waals surface area contributed by atoms with Gasteiger partial charge in [0.15, 0.2) is 11.6 Å². The molecule has 5 rings (SSSR count). The Hall–Kier alpha value is -3.78. The van der Waals surface area contributed by atoms with Gasteiger partial charge in [0.25, 0.3) is 5.56 Å². The van der Waals surface area contributed by atoms with Gasteiger partial charge in [-0.1, -0.05) is 11.2 Å². The number of rotatable bonds is 4. The van der Waals surface area contributed by atoms with E-state index in [9.17, 15) is 4.79 Å². The van der Waals surface area contributed by atoms with Crippen molar-refractivity contribution in [3.05, 3.63) is 87.0 Å². The standard InChI is InChI=1S/C25H20BrN5O2/c1-14-4-6-18(29-24-11-23(33-30-24)21-7-5-17(26)13-28-21)10-19(14)20-9-16-12-27-15(2)8-22(16)31(3)25(20)32/h4-13H,1-3H3,(H,29,30). The molecule has 0 unspecified atom stereocenters. The summed E-state index contributed by atoms with van der Waals surface area (Å²) < 4.78 is 8.01. The summed E-state index contributed by atoms with van der Waals surface area (Å²) in [5.74, 6) is 1.11. The van der Waals surface area contributed by atoms with E-state index in [1.165, 1.54) is 0 Å². The van der Waals surface area contributed by atoms with E-state index in [0.29, 0.717) is 22.8 Å². The molecule has 4 aromatic heterocycles. The number of hydrogen-bond donors (Lipinski definition) is 1. The van der Waals surface area contributed by atoms with Crippen molar-refractivity contribution in [2.24, 2.45) is 7.05 Å². The molecule has 0 atom stereocenters. The van der Waals surface area contributed by atoms with E-state index in [2.05, 4.69) is 36.4 Å². The highest BCUT2D eigenvalue weighted by atomic mass is 79.9. The lowest BCUT2D eigenvalue weighted by Crippen LogP contribution is -2.19. The molecular formula is C25H20BrN5O2. The first-order valence-corrected chi connectivity index (χ1v) is 11.1. The summed E-state index contributed by atoms with van der Waals surface area (Å²) in [7, 11) is 1.79. The second-order valence-corrected chi connectivity index (χ2v) is 8.82. The van der Waals surface area contributed by atoms with Gasteiger partial charge < -0.3 is 14.4 Å². The largest absolute Gasteiger partial charge is 0.352 e. The Morgan fingerprint density at radius 2 is 1.82 bits per heavy atom. The first-order valence-electron chi connectivity index (χ1n) is 10.3. The molecule has 0 spiro atoms. The van der Waals surface area contributed by atoms with E-state index >= 15 is 0 Å². The van der Waals surface area contributed by atoms with Crippen LogP contribution in [0.25, 0.3) is 33.5 Å². The van der Waals surface area contributed by atoms with Crippen LogP contribution in [0.5, 0.6) is 0 Å². The number of nitrogens with one attached hydrogen (secondary N) is 1. The zero-order valence-corrected chi connectivity index (χ0v) is 19.8. The molecule has 0 radical (unpaired) electrons. The number of pyridine rings is 3. The molecule has 4 heterocycles. The maximum atomic E-state index is 13.2. The summed E-state index contributed by atoms with van der Waals surface area (Å²) >= 11 is 3.38. The Balaban J connectivity index is 1.51. The van der Waals surface area contributed by atoms with Gasteiger partial charge >= 0.3 is 0 Å². The van der Waals surface area contributed by atoms with Crippen LogP contribution in [-0.2, 0) is 7.05 Å². The fourth-order valence-corrected chi connectivity index (χ4v) is 4.01. The van der Waals surface area contributed by atoms with Crippen molar-refractivity contribution in [2.45, 2.75) is 13.8 Å². The average molecular weight is 502 g/mol. The third-order valence-corrected chi connectivity index (χ3v) is 6.00. The van der Waals surface area contributed by atoms with Crippen LogP contribution in [0.4, 0.5) is 11.5 Å². The van der Waals surface area contributed by atoms with Crippen molar-refractivity contribution in [1.29, 1.82) is 0 Å². The second kappa shape index (κ2) is 8.29. The number of aryl methyl sites for hydroxylation is 3. The minimum Gasteiger partial charge on any atom is -0.352 e. The molecule has 8 heteroatoms. The monoisotopic (exact) mass is 501 g/mol. The van der Waals surface area contributed by atoms with Crippen LogP contribution in [-0.4, -0.2) is 19.7 Å². The first-order chi connectivity index (χ1) is 15.9. The molecule has 7 nitrogen and oxygen atoms in total. The zero-order chi connectivity index (χ0) is 23.1. The lowest BCUT2D eigenvalue weighted by molar-refractivity contribution is 0.434. The first kappa shape index (κ1) is 21.1. The molecule has 1 N–H and O–H groups in total. The maximum Gasteiger partial charge on any atom is 0.258 e. The van der Waals surface area contributed by atoms with Crippen molar-refractivity contribution in [3.63, 3.8) is 0 Å². The van der Waals surface area contributed by atoms with E-state index in [4.69, 9.17) is 4.52 Å². The van der Waals surface area contributed by atoms with Crippen molar-refractivity contribution >= 4 is 38.3 Å². The SMILES string of the molecule is Cc1cc2c(cn1)cc(-c1cc(Nc3cc(-c4ccc(Br)cn4)on3)ccc1C)c(=O)n2C. The highest BCUT2D eigenvalue weighted by molar-refractivity contribution is 9.10. The minimum atomic E-state index is -0.0571. The van der Waals surface area contributed by atoms with Crippen LogP contribution < -0.4 is 10.9 Å². The average Bonchev–Trinajstić information content (AvgIpc) is 3.27. The summed E-state index contributed by atoms with van der Waals surface area (Å²) in [6, 6.07) is 15.2. The third kappa shape index (κ3) is 4.05. The fourth-order valence-electron chi connectivity index (χ4n) is 3.77. The van der Waals surface area contributed by atoms with Gasteiger partial charge in [0.1, 0.15) is 5.69 Å². The summed E-state index contributed by atoms with van der Waals surface area (Å²) in [5.41, 5.74) is 5.63. The number of nitrogens with zero attached hydrogens (tertiary/aromatic N) is 4. The molecule has 0 bridgehead atoms. The van der Waals surface area contributed by atoms with E-state index in [1.807, 2.05) is 56.3 Å². The molecular weight excluding hydrogens is 482 g/mol. The number of anilines is 2. The zero-order valence-electron chi connectivity index (χ0n) is 18.3. The Labute approximate surface area is 198 Å². The molecule has 1 aromatic carbocycles. The number of benzene rings is 1. The van der Waals surface area contributed by atoms with Crippen LogP contribution in [0.3, 0.4) is 0 Å². The normalized spacial score (nSPS) is 11.2. The third-order valence-electron chi connectivity index (χ3n) is 5.54. The van der Waals surface area contributed by atoms with E-state index < -0.39 is 0 Å². The van der Waals surface area contributed by atoms with Crippen LogP contribution in [0, 0.1) is 13.8 Å². The van der Waals surface area contributed by atoms with E-state index in [1.54, 1.807) is 30.1 Å². The van der Waals surface area contributed by atoms with Gasteiger partial charge in [-0.05, 0) is 77.3 Å². The molecule has 0 aliphatic heterocycles. The fraction of sp³-hybridized carbons (Fsp3) is 0.120. The van der Waals surface area contributed by atoms with Crippen LogP contribution in [0.2, 0.25) is 0 Å². The Bertz CT molecular complexity index is 1550. The van der Waals surface area contributed by atoms with Crippen molar-refractivity contribution < 1.29 is 4.52 Å². The molecule has 0 fully saturated rings. The number of halogens is 1. The summed E-state index contributed by atoms with van der Waals surface area (Å²) in [4.78, 5) is 21.9. The molecule has 5 aromatic rings. The second-order valence-electron chi connectivity index (χ2n) is 7.90. The topological polar surface area (TPSA) is 85.8 Å². The van der Waals surface area contributed by atoms with Gasteiger partial charge in [-0.15, -0.1) is 0 Å². The number of fused-ring (bicyclic) bond motifs is 1. The van der Waals surface area contributed by atoms with Gasteiger partial charge in [-0.2, -0.15) is 0 Å². The number of aromatic nitrogens is 4. The van der Waals surface area contributed by atoms with Gasteiger partial charge in [-0.25, -0.2) is 0 Å². The summed E-state index contributed by atoms with van der Waals surface area (Å²) in [6.07, 6.45) is 3.51. The van der Waals surface area contributed by atoms with Crippen LogP contribution in [0.1, 0.15) is 11.3 Å². The number of hydrogen-bond acceptors (Lipinski definition) is 6. The van der Waals surface area contributed by atoms with Crippen LogP contribution >= 0.6 is 15.9 Å². The molecule has 0 aliphatic rings.